The predicted molar refractivity (Wildman–Crippen MR) is 66.8 cm³/mol. The molecule has 0 bridgehead atoms. The first-order valence-corrected chi connectivity index (χ1v) is 5.42. The molecule has 0 aliphatic heterocycles. The quantitative estimate of drug-likeness (QED) is 0.494. The Kier molecular flexibility index (Phi) is 5.05. The summed E-state index contributed by atoms with van der Waals surface area (Å²) < 4.78 is 14.9. The number of benzene rings is 1. The summed E-state index contributed by atoms with van der Waals surface area (Å²) in [5.74, 6) is 0.146. The van der Waals surface area contributed by atoms with Gasteiger partial charge in [-0.15, -0.1) is 0 Å². The Balaban J connectivity index is 3.09. The number of hydrogen-bond acceptors (Lipinski definition) is 5. The molecular weight excluding hydrogens is 236 g/mol. The molecule has 0 heterocycles. The fraction of sp³-hybridized carbons (Fsp3) is 0.308. The van der Waals surface area contributed by atoms with Crippen molar-refractivity contribution < 1.29 is 24.1 Å². The number of esters is 1. The van der Waals surface area contributed by atoms with Crippen molar-refractivity contribution in [1.29, 1.82) is 0 Å². The van der Waals surface area contributed by atoms with Crippen LogP contribution in [0.15, 0.2) is 24.3 Å². The third kappa shape index (κ3) is 3.41. The average molecular weight is 252 g/mol. The van der Waals surface area contributed by atoms with E-state index in [2.05, 4.69) is 0 Å². The molecule has 0 unspecified atom stereocenters. The summed E-state index contributed by atoms with van der Waals surface area (Å²) >= 11 is 0. The van der Waals surface area contributed by atoms with E-state index in [1.165, 1.54) is 14.2 Å². The third-order valence-corrected chi connectivity index (χ3v) is 2.22. The van der Waals surface area contributed by atoms with Crippen molar-refractivity contribution in [2.24, 2.45) is 0 Å². The van der Waals surface area contributed by atoms with Gasteiger partial charge in [0, 0.05) is 0 Å². The lowest BCUT2D eigenvalue weighted by atomic mass is 10.1. The van der Waals surface area contributed by atoms with Gasteiger partial charge in [0.15, 0.2) is 0 Å². The monoisotopic (exact) mass is 252 g/mol. The van der Waals surface area contributed by atoms with Crippen LogP contribution >= 0.6 is 0 Å². The van der Waals surface area contributed by atoms with E-state index in [0.29, 0.717) is 17.1 Å². The number of rotatable bonds is 5. The van der Waals surface area contributed by atoms with Crippen molar-refractivity contribution in [3.63, 3.8) is 0 Å². The van der Waals surface area contributed by atoms with Crippen molar-refractivity contribution in [2.75, 3.05) is 20.8 Å². The number of methoxy groups -OCH3 is 2. The molecule has 0 spiro atoms. The molecule has 0 saturated heterocycles. The van der Waals surface area contributed by atoms with Gasteiger partial charge in [0.2, 0.25) is 0 Å². The van der Waals surface area contributed by atoms with Crippen molar-refractivity contribution in [3.05, 3.63) is 29.8 Å². The highest BCUT2D eigenvalue weighted by Crippen LogP contribution is 2.28. The lowest BCUT2D eigenvalue weighted by Gasteiger charge is -2.09. The molecule has 0 atom stereocenters. The van der Waals surface area contributed by atoms with Gasteiger partial charge in [0.05, 0.1) is 32.5 Å². The summed E-state index contributed by atoms with van der Waals surface area (Å²) in [6.07, 6.45) is 1.00. The van der Waals surface area contributed by atoms with Crippen LogP contribution in [0, 0.1) is 0 Å². The van der Waals surface area contributed by atoms with E-state index in [-0.39, 0.29) is 12.4 Å². The summed E-state index contributed by atoms with van der Waals surface area (Å²) in [4.78, 5) is 11.3. The molecule has 1 aromatic rings. The maximum atomic E-state index is 11.3. The second kappa shape index (κ2) is 6.54. The number of hydrogen-bond donors (Lipinski definition) is 1. The second-order valence-corrected chi connectivity index (χ2v) is 3.35. The van der Waals surface area contributed by atoms with Crippen molar-refractivity contribution in [1.82, 2.24) is 0 Å². The lowest BCUT2D eigenvalue weighted by Crippen LogP contribution is -2.01. The van der Waals surface area contributed by atoms with Crippen molar-refractivity contribution in [3.8, 4) is 11.5 Å². The Morgan fingerprint density at radius 2 is 2.06 bits per heavy atom. The van der Waals surface area contributed by atoms with Gasteiger partial charge < -0.3 is 19.3 Å². The number of carbonyl (C=O) groups is 1. The summed E-state index contributed by atoms with van der Waals surface area (Å²) in [7, 11) is 2.99. The topological polar surface area (TPSA) is 65.0 Å². The zero-order valence-electron chi connectivity index (χ0n) is 10.6. The molecule has 1 rings (SSSR count). The lowest BCUT2D eigenvalue weighted by molar-refractivity contribution is -0.137. The molecule has 0 amide bonds. The van der Waals surface area contributed by atoms with Crippen LogP contribution in [-0.4, -0.2) is 31.9 Å². The van der Waals surface area contributed by atoms with Crippen LogP contribution in [0.2, 0.25) is 0 Å². The molecule has 0 aromatic heterocycles. The number of carbonyl (C=O) groups excluding carboxylic acids is 1. The third-order valence-electron chi connectivity index (χ3n) is 2.22. The minimum Gasteiger partial charge on any atom is -0.507 e. The Bertz CT molecular complexity index is 451. The summed E-state index contributed by atoms with van der Waals surface area (Å²) in [5, 5.41) is 9.87. The molecule has 5 heteroatoms. The van der Waals surface area contributed by atoms with Gasteiger partial charge in [-0.3, -0.25) is 0 Å². The van der Waals surface area contributed by atoms with Crippen LogP contribution < -0.4 is 9.47 Å². The molecule has 0 aliphatic rings. The van der Waals surface area contributed by atoms with Gasteiger partial charge in [-0.2, -0.15) is 0 Å². The fourth-order valence-corrected chi connectivity index (χ4v) is 1.39. The van der Waals surface area contributed by atoms with E-state index in [4.69, 9.17) is 14.2 Å². The highest BCUT2D eigenvalue weighted by molar-refractivity contribution is 5.90. The maximum absolute atomic E-state index is 11.3. The molecule has 0 fully saturated rings. The first-order chi connectivity index (χ1) is 8.62. The minimum atomic E-state index is -0.611. The number of ether oxygens (including phenoxy) is 3. The summed E-state index contributed by atoms with van der Waals surface area (Å²) in [5.41, 5.74) is 0.366. The van der Waals surface area contributed by atoms with Crippen molar-refractivity contribution in [2.45, 2.75) is 6.92 Å². The highest BCUT2D eigenvalue weighted by atomic mass is 16.5. The van der Waals surface area contributed by atoms with Crippen molar-refractivity contribution >= 4 is 11.7 Å². The summed E-state index contributed by atoms with van der Waals surface area (Å²) in [6, 6.07) is 4.91. The number of aliphatic hydroxyl groups excluding tert-OH is 1. The van der Waals surface area contributed by atoms with Gasteiger partial charge in [-0.1, -0.05) is 0 Å². The summed E-state index contributed by atoms with van der Waals surface area (Å²) in [6.45, 7) is 1.94. The largest absolute Gasteiger partial charge is 0.507 e. The zero-order chi connectivity index (χ0) is 13.5. The average Bonchev–Trinajstić information content (AvgIpc) is 2.38. The smallest absolute Gasteiger partial charge is 0.334 e. The van der Waals surface area contributed by atoms with E-state index in [9.17, 15) is 9.90 Å². The van der Waals surface area contributed by atoms with Crippen LogP contribution in [0.4, 0.5) is 0 Å². The molecule has 1 N–H and O–H groups in total. The first-order valence-electron chi connectivity index (χ1n) is 5.42. The fourth-order valence-electron chi connectivity index (χ4n) is 1.39. The Hall–Kier alpha value is -2.17. The molecule has 1 aromatic carbocycles. The minimum absolute atomic E-state index is 0.232. The Morgan fingerprint density at radius 1 is 1.33 bits per heavy atom. The van der Waals surface area contributed by atoms with E-state index in [0.717, 1.165) is 6.08 Å². The SMILES string of the molecule is CCOC(=O)/C=C(\O)c1cc(OC)ccc1OC. The Morgan fingerprint density at radius 3 is 2.61 bits per heavy atom. The van der Waals surface area contributed by atoms with E-state index in [1.807, 2.05) is 0 Å². The molecule has 5 nitrogen and oxygen atoms in total. The molecule has 0 radical (unpaired) electrons. The van der Waals surface area contributed by atoms with Gasteiger partial charge in [0.1, 0.15) is 17.3 Å². The van der Waals surface area contributed by atoms with Crippen LogP contribution in [0.1, 0.15) is 12.5 Å². The molecule has 0 aliphatic carbocycles. The standard InChI is InChI=1S/C13H16O5/c1-4-18-13(15)8-11(14)10-7-9(16-2)5-6-12(10)17-3/h5-8,14H,4H2,1-3H3/b11-8-. The normalized spacial score (nSPS) is 10.9. The van der Waals surface area contributed by atoms with Crippen LogP contribution in [-0.2, 0) is 9.53 Å². The van der Waals surface area contributed by atoms with Gasteiger partial charge >= 0.3 is 5.97 Å². The maximum Gasteiger partial charge on any atom is 0.334 e. The first kappa shape index (κ1) is 13.9. The van der Waals surface area contributed by atoms with Crippen LogP contribution in [0.5, 0.6) is 11.5 Å². The molecule has 98 valence electrons. The van der Waals surface area contributed by atoms with Crippen LogP contribution in [0.25, 0.3) is 5.76 Å². The van der Waals surface area contributed by atoms with Crippen LogP contribution in [0.3, 0.4) is 0 Å². The van der Waals surface area contributed by atoms with E-state index in [1.54, 1.807) is 25.1 Å². The number of aliphatic hydroxyl groups is 1. The zero-order valence-corrected chi connectivity index (χ0v) is 10.6. The van der Waals surface area contributed by atoms with Gasteiger partial charge in [-0.05, 0) is 25.1 Å². The van der Waals surface area contributed by atoms with E-state index < -0.39 is 5.97 Å². The van der Waals surface area contributed by atoms with E-state index >= 15 is 0 Å². The van der Waals surface area contributed by atoms with Gasteiger partial charge in [0.25, 0.3) is 0 Å². The molecule has 0 saturated carbocycles. The predicted octanol–water partition coefficient (Wildman–Crippen LogP) is 2.17. The highest BCUT2D eigenvalue weighted by Gasteiger charge is 2.11. The second-order valence-electron chi connectivity index (χ2n) is 3.35. The Labute approximate surface area is 106 Å². The van der Waals surface area contributed by atoms with Gasteiger partial charge in [-0.25, -0.2) is 4.79 Å². The molecular formula is C13H16O5. The molecule has 18 heavy (non-hydrogen) atoms.